The van der Waals surface area contributed by atoms with Crippen molar-refractivity contribution in [1.29, 1.82) is 0 Å². The second-order valence-electron chi connectivity index (χ2n) is 7.27. The molecule has 1 saturated carbocycles. The number of benzene rings is 1. The minimum atomic E-state index is -1.31. The highest BCUT2D eigenvalue weighted by Crippen LogP contribution is 2.68. The van der Waals surface area contributed by atoms with Crippen LogP contribution in [0.25, 0.3) is 0 Å². The van der Waals surface area contributed by atoms with Crippen LogP contribution in [0.2, 0.25) is 0 Å². The Labute approximate surface area is 140 Å². The molecule has 24 heavy (non-hydrogen) atoms. The fourth-order valence-electron chi connectivity index (χ4n) is 3.77. The summed E-state index contributed by atoms with van der Waals surface area (Å²) in [6.45, 7) is 4.15. The molecule has 1 aromatic rings. The van der Waals surface area contributed by atoms with Crippen LogP contribution in [0.1, 0.15) is 37.3 Å². The average molecular weight is 331 g/mol. The Morgan fingerprint density at radius 2 is 1.54 bits per heavy atom. The van der Waals surface area contributed by atoms with E-state index in [1.54, 1.807) is 0 Å². The molecule has 1 aromatic carbocycles. The van der Waals surface area contributed by atoms with Crippen molar-refractivity contribution >= 4 is 17.8 Å². The van der Waals surface area contributed by atoms with Gasteiger partial charge in [0.25, 0.3) is 0 Å². The lowest BCUT2D eigenvalue weighted by Gasteiger charge is -2.20. The summed E-state index contributed by atoms with van der Waals surface area (Å²) in [6, 6.07) is 7.74. The Morgan fingerprint density at radius 3 is 1.96 bits per heavy atom. The predicted octanol–water partition coefficient (Wildman–Crippen LogP) is 1.74. The molecule has 0 bridgehead atoms. The number of piperidine rings is 1. The number of carboxylic acid groups (broad SMARTS) is 2. The number of hydrogen-bond donors (Lipinski definition) is 2. The lowest BCUT2D eigenvalue weighted by molar-refractivity contribution is -0.151. The number of hydrogen-bond acceptors (Lipinski definition) is 3. The van der Waals surface area contributed by atoms with E-state index in [0.29, 0.717) is 5.92 Å². The smallest absolute Gasteiger partial charge is 0.312 e. The van der Waals surface area contributed by atoms with Crippen LogP contribution in [0.4, 0.5) is 0 Å². The van der Waals surface area contributed by atoms with Crippen molar-refractivity contribution < 1.29 is 24.6 Å². The highest BCUT2D eigenvalue weighted by molar-refractivity contribution is 5.96. The molecule has 1 heterocycles. The van der Waals surface area contributed by atoms with E-state index in [0.717, 1.165) is 5.56 Å². The molecule has 1 saturated heterocycles. The van der Waals surface area contributed by atoms with E-state index < -0.39 is 22.8 Å². The topological polar surface area (TPSA) is 94.9 Å². The zero-order chi connectivity index (χ0) is 17.7. The van der Waals surface area contributed by atoms with Crippen molar-refractivity contribution in [2.45, 2.75) is 32.6 Å². The van der Waals surface area contributed by atoms with Crippen LogP contribution in [0.3, 0.4) is 0 Å². The minimum Gasteiger partial charge on any atom is -0.481 e. The quantitative estimate of drug-likeness (QED) is 0.857. The molecule has 1 aliphatic carbocycles. The van der Waals surface area contributed by atoms with E-state index in [1.165, 1.54) is 10.5 Å². The molecule has 0 radical (unpaired) electrons. The van der Waals surface area contributed by atoms with Gasteiger partial charge in [0.15, 0.2) is 0 Å². The molecular formula is C18H21NO5. The molecule has 6 heteroatoms. The van der Waals surface area contributed by atoms with E-state index in [9.17, 15) is 24.6 Å². The van der Waals surface area contributed by atoms with Crippen LogP contribution < -0.4 is 0 Å². The summed E-state index contributed by atoms with van der Waals surface area (Å²) in [7, 11) is 0. The number of nitrogens with zero attached hydrogens (tertiary/aromatic N) is 1. The first kappa shape index (κ1) is 16.5. The molecule has 1 amide bonds. The van der Waals surface area contributed by atoms with Crippen molar-refractivity contribution in [2.75, 3.05) is 13.1 Å². The van der Waals surface area contributed by atoms with Crippen molar-refractivity contribution in [2.24, 2.45) is 10.8 Å². The van der Waals surface area contributed by atoms with Crippen molar-refractivity contribution in [3.63, 3.8) is 0 Å². The Kier molecular flexibility index (Phi) is 3.66. The number of likely N-dealkylation sites (tertiary alicyclic amines) is 1. The molecule has 6 nitrogen and oxygen atoms in total. The Balaban J connectivity index is 1.71. The fraction of sp³-hybridized carbons (Fsp3) is 0.500. The number of carbonyl (C=O) groups is 3. The van der Waals surface area contributed by atoms with E-state index in [-0.39, 0.29) is 31.8 Å². The molecule has 2 aliphatic rings. The van der Waals surface area contributed by atoms with Gasteiger partial charge >= 0.3 is 11.9 Å². The monoisotopic (exact) mass is 331 g/mol. The van der Waals surface area contributed by atoms with Crippen LogP contribution in [-0.2, 0) is 20.8 Å². The number of aliphatic carboxylic acids is 2. The van der Waals surface area contributed by atoms with Crippen LogP contribution in [0.15, 0.2) is 24.3 Å². The number of carboxylic acids is 2. The Bertz CT molecular complexity index is 683. The maximum absolute atomic E-state index is 12.5. The number of carbonyl (C=O) groups excluding carboxylic acids is 1. The fourth-order valence-corrected chi connectivity index (χ4v) is 3.77. The standard InChI is InChI=1S/C18H21NO5/c1-11(2)13-5-3-12(4-6-13)7-14(20)19-9-17(15(21)22)8-18(17,10-19)16(23)24/h3-6,11H,7-10H2,1-2H3,(H,21,22)(H,23,24)/t17-,18+. The van der Waals surface area contributed by atoms with Gasteiger partial charge in [-0.05, 0) is 23.5 Å². The van der Waals surface area contributed by atoms with Gasteiger partial charge in [-0.25, -0.2) is 0 Å². The highest BCUT2D eigenvalue weighted by atomic mass is 16.4. The van der Waals surface area contributed by atoms with Gasteiger partial charge in [-0.1, -0.05) is 38.1 Å². The molecular weight excluding hydrogens is 310 g/mol. The molecule has 0 unspecified atom stereocenters. The normalized spacial score (nSPS) is 27.9. The zero-order valence-electron chi connectivity index (χ0n) is 13.8. The van der Waals surface area contributed by atoms with Gasteiger partial charge in [0, 0.05) is 13.1 Å². The lowest BCUT2D eigenvalue weighted by Crippen LogP contribution is -2.35. The molecule has 0 spiro atoms. The largest absolute Gasteiger partial charge is 0.481 e. The van der Waals surface area contributed by atoms with E-state index in [2.05, 4.69) is 13.8 Å². The number of rotatable bonds is 5. The van der Waals surface area contributed by atoms with E-state index >= 15 is 0 Å². The highest BCUT2D eigenvalue weighted by Gasteiger charge is 2.81. The summed E-state index contributed by atoms with van der Waals surface area (Å²) in [5, 5.41) is 18.8. The summed E-state index contributed by atoms with van der Waals surface area (Å²) in [4.78, 5) is 36.9. The third-order valence-corrected chi connectivity index (χ3v) is 5.49. The Morgan fingerprint density at radius 1 is 1.04 bits per heavy atom. The second-order valence-corrected chi connectivity index (χ2v) is 7.27. The van der Waals surface area contributed by atoms with Crippen molar-refractivity contribution in [1.82, 2.24) is 4.90 Å². The maximum Gasteiger partial charge on any atom is 0.312 e. The first-order chi connectivity index (χ1) is 11.2. The van der Waals surface area contributed by atoms with Crippen LogP contribution in [0.5, 0.6) is 0 Å². The average Bonchev–Trinajstić information content (AvgIpc) is 3.06. The van der Waals surface area contributed by atoms with E-state index in [1.807, 2.05) is 24.3 Å². The van der Waals surface area contributed by atoms with E-state index in [4.69, 9.17) is 0 Å². The van der Waals surface area contributed by atoms with Crippen LogP contribution >= 0.6 is 0 Å². The zero-order valence-corrected chi connectivity index (χ0v) is 13.8. The van der Waals surface area contributed by atoms with Gasteiger partial charge < -0.3 is 15.1 Å². The SMILES string of the molecule is CC(C)c1ccc(CC(=O)N2C[C@@]3(C(=O)O)C[C@@]3(C(=O)O)C2)cc1. The molecule has 2 atom stereocenters. The van der Waals surface area contributed by atoms with Gasteiger partial charge in [0.1, 0.15) is 10.8 Å². The summed E-state index contributed by atoms with van der Waals surface area (Å²) in [5.74, 6) is -2.06. The summed E-state index contributed by atoms with van der Waals surface area (Å²) >= 11 is 0. The number of fused-ring (bicyclic) bond motifs is 1. The summed E-state index contributed by atoms with van der Waals surface area (Å²) in [6.07, 6.45) is 0.265. The maximum atomic E-state index is 12.5. The molecule has 128 valence electrons. The summed E-state index contributed by atoms with van der Waals surface area (Å²) in [5.41, 5.74) is -0.589. The summed E-state index contributed by atoms with van der Waals surface area (Å²) < 4.78 is 0. The predicted molar refractivity (Wildman–Crippen MR) is 85.6 cm³/mol. The van der Waals surface area contributed by atoms with Crippen molar-refractivity contribution in [3.8, 4) is 0 Å². The number of amides is 1. The van der Waals surface area contributed by atoms with Gasteiger partial charge in [-0.3, -0.25) is 14.4 Å². The van der Waals surface area contributed by atoms with Crippen LogP contribution in [0, 0.1) is 10.8 Å². The third-order valence-electron chi connectivity index (χ3n) is 5.49. The van der Waals surface area contributed by atoms with Crippen molar-refractivity contribution in [3.05, 3.63) is 35.4 Å². The first-order valence-electron chi connectivity index (χ1n) is 8.05. The molecule has 0 aromatic heterocycles. The van der Waals surface area contributed by atoms with Gasteiger partial charge in [0.05, 0.1) is 6.42 Å². The van der Waals surface area contributed by atoms with Crippen LogP contribution in [-0.4, -0.2) is 46.0 Å². The van der Waals surface area contributed by atoms with Gasteiger partial charge in [0.2, 0.25) is 5.91 Å². The van der Waals surface area contributed by atoms with Gasteiger partial charge in [-0.2, -0.15) is 0 Å². The Hall–Kier alpha value is -2.37. The molecule has 2 fully saturated rings. The lowest BCUT2D eigenvalue weighted by atomic mass is 9.97. The minimum absolute atomic E-state index is 0.0163. The first-order valence-corrected chi connectivity index (χ1v) is 8.05. The molecule has 1 aliphatic heterocycles. The third kappa shape index (κ3) is 2.28. The molecule has 3 rings (SSSR count). The second kappa shape index (κ2) is 5.33. The van der Waals surface area contributed by atoms with Gasteiger partial charge in [-0.15, -0.1) is 0 Å². The molecule has 2 N–H and O–H groups in total.